The van der Waals surface area contributed by atoms with Crippen molar-refractivity contribution in [3.05, 3.63) is 57.6 Å². The highest BCUT2D eigenvalue weighted by atomic mass is 35.5. The number of hydrogen-bond donors (Lipinski definition) is 0. The summed E-state index contributed by atoms with van der Waals surface area (Å²) in [5.41, 5.74) is 1.67. The van der Waals surface area contributed by atoms with E-state index in [0.29, 0.717) is 10.0 Å². The normalized spacial score (nSPS) is 11.6. The number of rotatable bonds is 2. The number of aryl methyl sites for hydroxylation is 2. The van der Waals surface area contributed by atoms with Crippen molar-refractivity contribution in [1.82, 2.24) is 0 Å². The molecule has 2 rings (SSSR count). The van der Waals surface area contributed by atoms with Crippen LogP contribution in [-0.4, -0.2) is 8.42 Å². The molecule has 0 N–H and O–H groups in total. The van der Waals surface area contributed by atoms with Crippen LogP contribution in [0, 0.1) is 13.8 Å². The summed E-state index contributed by atoms with van der Waals surface area (Å²) in [6.07, 6.45) is 0. The first-order valence-corrected chi connectivity index (χ1v) is 7.83. The van der Waals surface area contributed by atoms with Gasteiger partial charge in [-0.05, 0) is 49.2 Å². The van der Waals surface area contributed by atoms with Gasteiger partial charge in [-0.15, -0.1) is 0 Å². The molecule has 0 aromatic heterocycles. The lowest BCUT2D eigenvalue weighted by atomic mass is 10.2. The maximum absolute atomic E-state index is 12.4. The zero-order valence-corrected chi connectivity index (χ0v) is 12.8. The van der Waals surface area contributed by atoms with E-state index in [9.17, 15) is 8.42 Å². The lowest BCUT2D eigenvalue weighted by Gasteiger charge is -2.07. The fourth-order valence-electron chi connectivity index (χ4n) is 1.62. The van der Waals surface area contributed by atoms with Gasteiger partial charge in [-0.25, -0.2) is 8.42 Å². The van der Waals surface area contributed by atoms with Gasteiger partial charge in [0.05, 0.1) is 9.79 Å². The molecule has 5 heteroatoms. The molecule has 0 heterocycles. The van der Waals surface area contributed by atoms with Crippen molar-refractivity contribution in [3.63, 3.8) is 0 Å². The molecule has 0 bridgehead atoms. The van der Waals surface area contributed by atoms with Crippen molar-refractivity contribution in [1.29, 1.82) is 0 Å². The summed E-state index contributed by atoms with van der Waals surface area (Å²) in [4.78, 5) is 0.339. The second-order valence-corrected chi connectivity index (χ2v) is 7.09. The Hall–Kier alpha value is -1.03. The monoisotopic (exact) mass is 314 g/mol. The third-order valence-corrected chi connectivity index (χ3v) is 5.47. The summed E-state index contributed by atoms with van der Waals surface area (Å²) in [5.74, 6) is 0. The van der Waals surface area contributed by atoms with Gasteiger partial charge in [0.15, 0.2) is 0 Å². The minimum atomic E-state index is -3.59. The van der Waals surface area contributed by atoms with Crippen LogP contribution in [0.25, 0.3) is 0 Å². The molecule has 0 saturated carbocycles. The van der Waals surface area contributed by atoms with Crippen molar-refractivity contribution in [2.24, 2.45) is 0 Å². The minimum absolute atomic E-state index is 0.169. The van der Waals surface area contributed by atoms with Gasteiger partial charge in [0.25, 0.3) is 0 Å². The van der Waals surface area contributed by atoms with Gasteiger partial charge in [0.1, 0.15) is 0 Å². The van der Waals surface area contributed by atoms with Gasteiger partial charge in [-0.1, -0.05) is 35.3 Å². The Morgan fingerprint density at radius 2 is 1.16 bits per heavy atom. The van der Waals surface area contributed by atoms with Crippen LogP contribution in [0.4, 0.5) is 0 Å². The van der Waals surface area contributed by atoms with Gasteiger partial charge in [-0.3, -0.25) is 0 Å². The summed E-state index contributed by atoms with van der Waals surface area (Å²) < 4.78 is 24.9. The molecule has 100 valence electrons. The average Bonchev–Trinajstić information content (AvgIpc) is 2.35. The lowest BCUT2D eigenvalue weighted by Crippen LogP contribution is -2.02. The SMILES string of the molecule is Cc1ccc(S(=O)(=O)c2ccc(C)c(Cl)c2)cc1Cl. The van der Waals surface area contributed by atoms with Gasteiger partial charge in [0, 0.05) is 10.0 Å². The van der Waals surface area contributed by atoms with Crippen LogP contribution in [0.3, 0.4) is 0 Å². The van der Waals surface area contributed by atoms with Crippen LogP contribution in [-0.2, 0) is 9.84 Å². The first kappa shape index (κ1) is 14.4. The molecule has 0 amide bonds. The van der Waals surface area contributed by atoms with E-state index in [0.717, 1.165) is 11.1 Å². The van der Waals surface area contributed by atoms with Crippen LogP contribution in [0.2, 0.25) is 10.0 Å². The smallest absolute Gasteiger partial charge is 0.206 e. The quantitative estimate of drug-likeness (QED) is 0.821. The maximum atomic E-state index is 12.4. The van der Waals surface area contributed by atoms with Crippen molar-refractivity contribution in [2.45, 2.75) is 23.6 Å². The Morgan fingerprint density at radius 3 is 1.47 bits per heavy atom. The van der Waals surface area contributed by atoms with E-state index in [-0.39, 0.29) is 9.79 Å². The van der Waals surface area contributed by atoms with Crippen LogP contribution >= 0.6 is 23.2 Å². The van der Waals surface area contributed by atoms with Gasteiger partial charge in [0.2, 0.25) is 9.84 Å². The molecule has 0 saturated heterocycles. The van der Waals surface area contributed by atoms with E-state index in [1.807, 2.05) is 13.8 Å². The van der Waals surface area contributed by atoms with Crippen LogP contribution < -0.4 is 0 Å². The van der Waals surface area contributed by atoms with E-state index >= 15 is 0 Å². The van der Waals surface area contributed by atoms with E-state index in [2.05, 4.69) is 0 Å². The van der Waals surface area contributed by atoms with Gasteiger partial charge in [-0.2, -0.15) is 0 Å². The molecule has 0 spiro atoms. The third-order valence-electron chi connectivity index (χ3n) is 2.91. The molecular weight excluding hydrogens is 303 g/mol. The topological polar surface area (TPSA) is 34.1 Å². The highest BCUT2D eigenvalue weighted by molar-refractivity contribution is 7.91. The van der Waals surface area contributed by atoms with Crippen molar-refractivity contribution in [3.8, 4) is 0 Å². The molecule has 0 aliphatic rings. The molecule has 0 atom stereocenters. The highest BCUT2D eigenvalue weighted by Crippen LogP contribution is 2.28. The van der Waals surface area contributed by atoms with E-state index in [1.165, 1.54) is 12.1 Å². The Labute approximate surface area is 122 Å². The number of benzene rings is 2. The molecule has 0 unspecified atom stereocenters. The molecule has 2 aromatic carbocycles. The molecule has 0 aliphatic heterocycles. The first-order chi connectivity index (χ1) is 8.82. The summed E-state index contributed by atoms with van der Waals surface area (Å²) in [6.45, 7) is 3.64. The Bertz CT molecular complexity index is 680. The van der Waals surface area contributed by atoms with E-state index in [4.69, 9.17) is 23.2 Å². The minimum Gasteiger partial charge on any atom is -0.219 e. The molecule has 0 fully saturated rings. The zero-order chi connectivity index (χ0) is 14.2. The molecule has 19 heavy (non-hydrogen) atoms. The summed E-state index contributed by atoms with van der Waals surface area (Å²) in [6, 6.07) is 9.38. The maximum Gasteiger partial charge on any atom is 0.206 e. The third kappa shape index (κ3) is 2.78. The predicted octanol–water partition coefficient (Wildman–Crippen LogP) is 4.44. The average molecular weight is 315 g/mol. The molecule has 2 aromatic rings. The second kappa shape index (κ2) is 5.16. The van der Waals surface area contributed by atoms with Crippen molar-refractivity contribution < 1.29 is 8.42 Å². The van der Waals surface area contributed by atoms with Crippen LogP contribution in [0.5, 0.6) is 0 Å². The Kier molecular flexibility index (Phi) is 3.90. The van der Waals surface area contributed by atoms with Crippen LogP contribution in [0.1, 0.15) is 11.1 Å². The second-order valence-electron chi connectivity index (χ2n) is 4.33. The van der Waals surface area contributed by atoms with Gasteiger partial charge < -0.3 is 0 Å². The number of hydrogen-bond acceptors (Lipinski definition) is 2. The van der Waals surface area contributed by atoms with Crippen molar-refractivity contribution in [2.75, 3.05) is 0 Å². The lowest BCUT2D eigenvalue weighted by molar-refractivity contribution is 0.596. The number of halogens is 2. The number of sulfone groups is 1. The molecule has 2 nitrogen and oxygen atoms in total. The van der Waals surface area contributed by atoms with Crippen LogP contribution in [0.15, 0.2) is 46.2 Å². The Balaban J connectivity index is 2.58. The first-order valence-electron chi connectivity index (χ1n) is 5.60. The van der Waals surface area contributed by atoms with Crippen molar-refractivity contribution >= 4 is 33.0 Å². The standard InChI is InChI=1S/C14H12Cl2O2S/c1-9-3-5-11(7-13(9)15)19(17,18)12-6-4-10(2)14(16)8-12/h3-8H,1-2H3. The molecule has 0 aliphatic carbocycles. The fourth-order valence-corrected chi connectivity index (χ4v) is 3.42. The molecule has 0 radical (unpaired) electrons. The fraction of sp³-hybridized carbons (Fsp3) is 0.143. The summed E-state index contributed by atoms with van der Waals surface area (Å²) >= 11 is 11.9. The zero-order valence-electron chi connectivity index (χ0n) is 10.4. The van der Waals surface area contributed by atoms with Gasteiger partial charge >= 0.3 is 0 Å². The van der Waals surface area contributed by atoms with E-state index in [1.54, 1.807) is 24.3 Å². The largest absolute Gasteiger partial charge is 0.219 e. The van der Waals surface area contributed by atoms with E-state index < -0.39 is 9.84 Å². The summed E-state index contributed by atoms with van der Waals surface area (Å²) in [5, 5.41) is 0.860. The predicted molar refractivity (Wildman–Crippen MR) is 77.8 cm³/mol. The summed E-state index contributed by atoms with van der Waals surface area (Å²) in [7, 11) is -3.59. The highest BCUT2D eigenvalue weighted by Gasteiger charge is 2.19. The Morgan fingerprint density at radius 1 is 0.789 bits per heavy atom. The molecular formula is C14H12Cl2O2S.